The number of ether oxygens (including phenoxy) is 2. The number of hydrogen-bond donors (Lipinski definition) is 2. The lowest BCUT2D eigenvalue weighted by atomic mass is 10.2. The first-order valence-corrected chi connectivity index (χ1v) is 10.3. The number of carbonyl (C=O) groups is 1. The molecule has 0 spiro atoms. The van der Waals surface area contributed by atoms with Crippen molar-refractivity contribution in [1.29, 1.82) is 0 Å². The molecule has 0 fully saturated rings. The minimum atomic E-state index is -0.521. The second-order valence-corrected chi connectivity index (χ2v) is 8.45. The molecular formula is C21H21Cl2N3O6. The first-order valence-electron chi connectivity index (χ1n) is 9.54. The van der Waals surface area contributed by atoms with E-state index < -0.39 is 11.7 Å². The van der Waals surface area contributed by atoms with Gasteiger partial charge >= 0.3 is 6.09 Å². The third-order valence-electron chi connectivity index (χ3n) is 3.85. The van der Waals surface area contributed by atoms with Crippen molar-refractivity contribution in [1.82, 2.24) is 15.6 Å². The molecular weight excluding hydrogens is 461 g/mol. The molecule has 1 amide bonds. The molecule has 2 aromatic heterocycles. The molecule has 0 bridgehead atoms. The molecule has 0 saturated heterocycles. The molecule has 0 atom stereocenters. The van der Waals surface area contributed by atoms with Gasteiger partial charge < -0.3 is 23.8 Å². The van der Waals surface area contributed by atoms with Gasteiger partial charge in [-0.25, -0.2) is 4.79 Å². The van der Waals surface area contributed by atoms with E-state index in [-0.39, 0.29) is 12.2 Å². The summed E-state index contributed by atoms with van der Waals surface area (Å²) in [5.74, 6) is 0.368. The summed E-state index contributed by atoms with van der Waals surface area (Å²) < 4.78 is 20.5. The molecule has 4 rings (SSSR count). The van der Waals surface area contributed by atoms with Crippen LogP contribution in [0.2, 0.25) is 10.0 Å². The second kappa shape index (κ2) is 9.97. The van der Waals surface area contributed by atoms with E-state index >= 15 is 0 Å². The van der Waals surface area contributed by atoms with Crippen LogP contribution in [0.1, 0.15) is 20.8 Å². The molecule has 2 N–H and O–H groups in total. The van der Waals surface area contributed by atoms with Crippen LogP contribution in [0.25, 0.3) is 21.9 Å². The Labute approximate surface area is 192 Å². The third-order valence-corrected chi connectivity index (χ3v) is 4.32. The van der Waals surface area contributed by atoms with Gasteiger partial charge in [-0.15, -0.1) is 0 Å². The van der Waals surface area contributed by atoms with Gasteiger partial charge in [-0.3, -0.25) is 4.79 Å². The normalized spacial score (nSPS) is 11.2. The van der Waals surface area contributed by atoms with Crippen LogP contribution in [0, 0.1) is 0 Å². The van der Waals surface area contributed by atoms with E-state index in [0.717, 1.165) is 5.39 Å². The average molecular weight is 482 g/mol. The number of fused-ring (bicyclic) bond motifs is 2. The summed E-state index contributed by atoms with van der Waals surface area (Å²) in [6.45, 7) is 5.96. The topological polar surface area (TPSA) is 120 Å². The molecule has 0 aliphatic heterocycles. The Morgan fingerprint density at radius 3 is 2.44 bits per heavy atom. The van der Waals surface area contributed by atoms with Crippen molar-refractivity contribution in [2.24, 2.45) is 0 Å². The smallest absolute Gasteiger partial charge is 0.407 e. The number of benzene rings is 2. The Bertz CT molecular complexity index is 1270. The van der Waals surface area contributed by atoms with E-state index in [4.69, 9.17) is 41.7 Å². The van der Waals surface area contributed by atoms with E-state index in [0.29, 0.717) is 39.0 Å². The minimum Gasteiger partial charge on any atom is -0.473 e. The van der Waals surface area contributed by atoms with Crippen molar-refractivity contribution in [3.05, 3.63) is 56.8 Å². The molecule has 32 heavy (non-hydrogen) atoms. The Hall–Kier alpha value is -3.17. The van der Waals surface area contributed by atoms with E-state index in [2.05, 4.69) is 15.6 Å². The van der Waals surface area contributed by atoms with Crippen LogP contribution >= 0.6 is 23.2 Å². The lowest BCUT2D eigenvalue weighted by Crippen LogP contribution is -2.34. The van der Waals surface area contributed by atoms with Crippen LogP contribution in [0.4, 0.5) is 4.79 Å². The summed E-state index contributed by atoms with van der Waals surface area (Å²) in [6, 6.07) is 10.0. The first kappa shape index (κ1) is 23.5. The van der Waals surface area contributed by atoms with Crippen molar-refractivity contribution in [3.8, 4) is 5.88 Å². The molecule has 2 aromatic carbocycles. The molecule has 4 aromatic rings. The zero-order valence-corrected chi connectivity index (χ0v) is 19.0. The maximum absolute atomic E-state index is 11.4. The summed E-state index contributed by atoms with van der Waals surface area (Å²) in [5, 5.41) is 11.0. The highest BCUT2D eigenvalue weighted by molar-refractivity contribution is 6.31. The van der Waals surface area contributed by atoms with Crippen LogP contribution in [-0.4, -0.2) is 35.2 Å². The molecule has 0 aliphatic rings. The summed E-state index contributed by atoms with van der Waals surface area (Å²) in [6.07, 6.45) is -0.483. The number of alkyl carbamates (subject to hydrolysis) is 1. The highest BCUT2D eigenvalue weighted by Crippen LogP contribution is 2.27. The van der Waals surface area contributed by atoms with Crippen molar-refractivity contribution in [2.75, 3.05) is 13.2 Å². The van der Waals surface area contributed by atoms with Gasteiger partial charge in [0, 0.05) is 22.2 Å². The molecule has 0 radical (unpaired) electrons. The first-order chi connectivity index (χ1) is 15.1. The lowest BCUT2D eigenvalue weighted by molar-refractivity contribution is 0.0519. The predicted octanol–water partition coefficient (Wildman–Crippen LogP) is 5.16. The fourth-order valence-corrected chi connectivity index (χ4v) is 2.86. The van der Waals surface area contributed by atoms with E-state index in [1.165, 1.54) is 0 Å². The van der Waals surface area contributed by atoms with Crippen molar-refractivity contribution < 1.29 is 23.3 Å². The van der Waals surface area contributed by atoms with Crippen LogP contribution in [-0.2, 0) is 4.74 Å². The second-order valence-electron chi connectivity index (χ2n) is 7.58. The van der Waals surface area contributed by atoms with E-state index in [9.17, 15) is 9.59 Å². The van der Waals surface area contributed by atoms with E-state index in [1.807, 2.05) is 0 Å². The quantitative estimate of drug-likeness (QED) is 0.386. The lowest BCUT2D eigenvalue weighted by Gasteiger charge is -2.19. The van der Waals surface area contributed by atoms with Gasteiger partial charge in [-0.05, 0) is 50.2 Å². The Morgan fingerprint density at radius 2 is 1.75 bits per heavy atom. The Kier molecular flexibility index (Phi) is 7.32. The standard InChI is InChI=1S/C14H17ClN2O4.C7H4ClNO2/c1-14(2,3)20-13(18)16-6-7-19-12-10-5-4-9(15)8-11(10)21-17-12;8-4-1-2-5-6(3-4)11-9-7(5)10/h4-5,8H,6-7H2,1-3H3,(H,16,18);1-3H,(H,9,10). The Balaban J connectivity index is 0.000000219. The van der Waals surface area contributed by atoms with Crippen molar-refractivity contribution in [2.45, 2.75) is 26.4 Å². The van der Waals surface area contributed by atoms with Crippen LogP contribution in [0.15, 0.2) is 50.2 Å². The number of hydrogen-bond acceptors (Lipinski definition) is 7. The zero-order valence-electron chi connectivity index (χ0n) is 17.5. The molecule has 2 heterocycles. The zero-order chi connectivity index (χ0) is 23.3. The highest BCUT2D eigenvalue weighted by atomic mass is 35.5. The van der Waals surface area contributed by atoms with Gasteiger partial charge in [0.1, 0.15) is 12.2 Å². The number of H-pyrrole nitrogens is 1. The number of halogens is 2. The monoisotopic (exact) mass is 481 g/mol. The number of rotatable bonds is 4. The molecule has 11 heteroatoms. The maximum atomic E-state index is 11.4. The third kappa shape index (κ3) is 6.41. The number of aromatic amines is 1. The van der Waals surface area contributed by atoms with Crippen LogP contribution < -0.4 is 15.6 Å². The van der Waals surface area contributed by atoms with Crippen LogP contribution in [0.3, 0.4) is 0 Å². The fourth-order valence-electron chi connectivity index (χ4n) is 2.53. The number of carbonyl (C=O) groups excluding carboxylic acids is 1. The molecule has 0 saturated carbocycles. The fraction of sp³-hybridized carbons (Fsp3) is 0.286. The van der Waals surface area contributed by atoms with Gasteiger partial charge in [0.25, 0.3) is 11.4 Å². The van der Waals surface area contributed by atoms with Crippen molar-refractivity contribution in [3.63, 3.8) is 0 Å². The molecule has 0 unspecified atom stereocenters. The summed E-state index contributed by atoms with van der Waals surface area (Å²) in [4.78, 5) is 22.3. The van der Waals surface area contributed by atoms with Gasteiger partial charge in [-0.1, -0.05) is 23.2 Å². The number of nitrogens with one attached hydrogen (secondary N) is 2. The van der Waals surface area contributed by atoms with Crippen molar-refractivity contribution >= 4 is 51.2 Å². The largest absolute Gasteiger partial charge is 0.473 e. The molecule has 9 nitrogen and oxygen atoms in total. The van der Waals surface area contributed by atoms with Gasteiger partial charge in [-0.2, -0.15) is 5.16 Å². The summed E-state index contributed by atoms with van der Waals surface area (Å²) in [7, 11) is 0. The minimum absolute atomic E-state index is 0.225. The van der Waals surface area contributed by atoms with E-state index in [1.54, 1.807) is 57.2 Å². The number of aromatic nitrogens is 2. The average Bonchev–Trinajstić information content (AvgIpc) is 3.27. The predicted molar refractivity (Wildman–Crippen MR) is 121 cm³/mol. The Morgan fingerprint density at radius 1 is 1.09 bits per heavy atom. The van der Waals surface area contributed by atoms with Gasteiger partial charge in [0.2, 0.25) is 0 Å². The number of amides is 1. The molecule has 170 valence electrons. The SMILES string of the molecule is CC(C)(C)OC(=O)NCCOc1noc2cc(Cl)ccc12.O=c1[nH]oc2cc(Cl)ccc12. The molecule has 0 aliphatic carbocycles. The summed E-state index contributed by atoms with van der Waals surface area (Å²) in [5.41, 5.74) is 0.295. The van der Waals surface area contributed by atoms with Gasteiger partial charge in [0.05, 0.1) is 17.3 Å². The van der Waals surface area contributed by atoms with Crippen LogP contribution in [0.5, 0.6) is 5.88 Å². The summed E-state index contributed by atoms with van der Waals surface area (Å²) >= 11 is 11.5. The maximum Gasteiger partial charge on any atom is 0.407 e. The highest BCUT2D eigenvalue weighted by Gasteiger charge is 2.16. The van der Waals surface area contributed by atoms with Gasteiger partial charge in [0.15, 0.2) is 11.2 Å². The number of nitrogens with zero attached hydrogens (tertiary/aromatic N) is 1.